The van der Waals surface area contributed by atoms with Crippen LogP contribution in [0.5, 0.6) is 5.75 Å². The Morgan fingerprint density at radius 1 is 1.06 bits per heavy atom. The SMILES string of the molecule is Fc1ccc(COc2ccc(Br)cc2CNCCSc2nnnn2-c2ccccc2)c(Cl)c1. The van der Waals surface area contributed by atoms with Crippen LogP contribution < -0.4 is 10.1 Å². The number of hydrogen-bond acceptors (Lipinski definition) is 6. The van der Waals surface area contributed by atoms with E-state index in [0.717, 1.165) is 44.5 Å². The Hall–Kier alpha value is -2.46. The Morgan fingerprint density at radius 2 is 1.91 bits per heavy atom. The average Bonchev–Trinajstić information content (AvgIpc) is 3.28. The first kappa shape index (κ1) is 23.7. The van der Waals surface area contributed by atoms with Crippen molar-refractivity contribution in [2.45, 2.75) is 18.3 Å². The summed E-state index contributed by atoms with van der Waals surface area (Å²) in [6.07, 6.45) is 0. The largest absolute Gasteiger partial charge is 0.489 e. The van der Waals surface area contributed by atoms with E-state index in [-0.39, 0.29) is 12.4 Å². The molecule has 1 heterocycles. The van der Waals surface area contributed by atoms with Gasteiger partial charge >= 0.3 is 0 Å². The molecule has 0 atom stereocenters. The molecule has 170 valence electrons. The van der Waals surface area contributed by atoms with Gasteiger partial charge in [-0.2, -0.15) is 4.68 Å². The van der Waals surface area contributed by atoms with Crippen LogP contribution in [0.3, 0.4) is 0 Å². The predicted molar refractivity (Wildman–Crippen MR) is 131 cm³/mol. The zero-order chi connectivity index (χ0) is 23.0. The number of hydrogen-bond donors (Lipinski definition) is 1. The zero-order valence-corrected chi connectivity index (χ0v) is 20.6. The highest BCUT2D eigenvalue weighted by Crippen LogP contribution is 2.26. The summed E-state index contributed by atoms with van der Waals surface area (Å²) >= 11 is 11.2. The van der Waals surface area contributed by atoms with Gasteiger partial charge in [0.15, 0.2) is 0 Å². The molecule has 0 fully saturated rings. The lowest BCUT2D eigenvalue weighted by Gasteiger charge is -2.14. The van der Waals surface area contributed by atoms with Crippen molar-refractivity contribution in [2.75, 3.05) is 12.3 Å². The number of tetrazole rings is 1. The van der Waals surface area contributed by atoms with Crippen molar-refractivity contribution in [2.24, 2.45) is 0 Å². The minimum absolute atomic E-state index is 0.256. The lowest BCUT2D eigenvalue weighted by molar-refractivity contribution is 0.302. The fraction of sp³-hybridized carbons (Fsp3) is 0.174. The molecule has 1 aromatic heterocycles. The Balaban J connectivity index is 1.30. The molecule has 0 unspecified atom stereocenters. The van der Waals surface area contributed by atoms with Gasteiger partial charge in [-0.05, 0) is 52.9 Å². The van der Waals surface area contributed by atoms with E-state index < -0.39 is 0 Å². The van der Waals surface area contributed by atoms with Crippen LogP contribution in [-0.4, -0.2) is 32.5 Å². The molecule has 0 saturated carbocycles. The minimum atomic E-state index is -0.368. The topological polar surface area (TPSA) is 64.9 Å². The molecular weight excluding hydrogens is 529 g/mol. The summed E-state index contributed by atoms with van der Waals surface area (Å²) in [5.41, 5.74) is 2.66. The van der Waals surface area contributed by atoms with Crippen molar-refractivity contribution in [1.29, 1.82) is 0 Å². The summed E-state index contributed by atoms with van der Waals surface area (Å²) in [7, 11) is 0. The number of halogens is 3. The van der Waals surface area contributed by atoms with E-state index in [0.29, 0.717) is 11.6 Å². The quantitative estimate of drug-likeness (QED) is 0.203. The van der Waals surface area contributed by atoms with Crippen molar-refractivity contribution in [3.05, 3.63) is 93.2 Å². The molecule has 0 aliphatic heterocycles. The molecular formula is C23H20BrClFN5OS. The van der Waals surface area contributed by atoms with Crippen LogP contribution in [-0.2, 0) is 13.2 Å². The number of benzene rings is 3. The Labute approximate surface area is 208 Å². The van der Waals surface area contributed by atoms with Crippen LogP contribution in [0, 0.1) is 5.82 Å². The summed E-state index contributed by atoms with van der Waals surface area (Å²) in [6, 6.07) is 19.9. The fourth-order valence-electron chi connectivity index (χ4n) is 3.06. The number of aromatic nitrogens is 4. The highest BCUT2D eigenvalue weighted by Gasteiger charge is 2.10. The molecule has 0 spiro atoms. The van der Waals surface area contributed by atoms with Crippen LogP contribution in [0.15, 0.2) is 76.4 Å². The highest BCUT2D eigenvalue weighted by molar-refractivity contribution is 9.10. The van der Waals surface area contributed by atoms with Gasteiger partial charge in [0.2, 0.25) is 5.16 Å². The molecule has 6 nitrogen and oxygen atoms in total. The zero-order valence-electron chi connectivity index (χ0n) is 17.4. The molecule has 4 rings (SSSR count). The van der Waals surface area contributed by atoms with Crippen LogP contribution in [0.1, 0.15) is 11.1 Å². The van der Waals surface area contributed by atoms with Crippen LogP contribution in [0.25, 0.3) is 5.69 Å². The lowest BCUT2D eigenvalue weighted by atomic mass is 10.2. The fourth-order valence-corrected chi connectivity index (χ4v) is 4.48. The number of ether oxygens (including phenoxy) is 1. The van der Waals surface area contributed by atoms with Gasteiger partial charge in [-0.15, -0.1) is 5.10 Å². The first-order valence-corrected chi connectivity index (χ1v) is 12.3. The first-order chi connectivity index (χ1) is 16.1. The molecule has 0 radical (unpaired) electrons. The van der Waals surface area contributed by atoms with Gasteiger partial charge < -0.3 is 10.1 Å². The van der Waals surface area contributed by atoms with Gasteiger partial charge in [0, 0.05) is 34.4 Å². The maximum Gasteiger partial charge on any atom is 0.214 e. The molecule has 0 saturated heterocycles. The minimum Gasteiger partial charge on any atom is -0.489 e. The van der Waals surface area contributed by atoms with E-state index in [1.807, 2.05) is 48.5 Å². The number of nitrogens with one attached hydrogen (secondary N) is 1. The molecule has 0 bridgehead atoms. The van der Waals surface area contributed by atoms with Crippen molar-refractivity contribution in [3.63, 3.8) is 0 Å². The molecule has 3 aromatic carbocycles. The van der Waals surface area contributed by atoms with Gasteiger partial charge in [0.25, 0.3) is 0 Å². The average molecular weight is 549 g/mol. The summed E-state index contributed by atoms with van der Waals surface area (Å²) in [5.74, 6) is 1.17. The van der Waals surface area contributed by atoms with Gasteiger partial charge in [-0.3, -0.25) is 0 Å². The predicted octanol–water partition coefficient (Wildman–Crippen LogP) is 5.68. The third-order valence-corrected chi connectivity index (χ3v) is 6.45. The third-order valence-electron chi connectivity index (χ3n) is 4.69. The molecule has 0 amide bonds. The maximum atomic E-state index is 13.3. The summed E-state index contributed by atoms with van der Waals surface area (Å²) in [6.45, 7) is 1.63. The van der Waals surface area contributed by atoms with E-state index in [1.54, 1.807) is 22.5 Å². The Kier molecular flexibility index (Phi) is 8.33. The van der Waals surface area contributed by atoms with Crippen molar-refractivity contribution in [3.8, 4) is 11.4 Å². The molecule has 1 N–H and O–H groups in total. The molecule has 4 aromatic rings. The van der Waals surface area contributed by atoms with E-state index >= 15 is 0 Å². The number of rotatable bonds is 10. The Bertz CT molecular complexity index is 1210. The van der Waals surface area contributed by atoms with Crippen molar-refractivity contribution >= 4 is 39.3 Å². The van der Waals surface area contributed by atoms with Gasteiger partial charge in [-0.1, -0.05) is 63.6 Å². The monoisotopic (exact) mass is 547 g/mol. The van der Waals surface area contributed by atoms with E-state index in [4.69, 9.17) is 16.3 Å². The third kappa shape index (κ3) is 6.54. The number of nitrogens with zero attached hydrogens (tertiary/aromatic N) is 4. The molecule has 0 aliphatic carbocycles. The van der Waals surface area contributed by atoms with E-state index in [1.165, 1.54) is 12.1 Å². The smallest absolute Gasteiger partial charge is 0.214 e. The molecule has 0 aliphatic rings. The standard InChI is InChI=1S/C23H20BrClFN5OS/c24-18-7-9-22(32-15-16-6-8-19(26)13-21(16)25)17(12-18)14-27-10-11-33-23-28-29-30-31(23)20-4-2-1-3-5-20/h1-9,12-13,27H,10-11,14-15H2. The van der Waals surface area contributed by atoms with Gasteiger partial charge in [0.1, 0.15) is 18.2 Å². The van der Waals surface area contributed by atoms with Crippen LogP contribution in [0.2, 0.25) is 5.02 Å². The van der Waals surface area contributed by atoms with Crippen LogP contribution in [0.4, 0.5) is 4.39 Å². The summed E-state index contributed by atoms with van der Waals surface area (Å²) < 4.78 is 21.9. The second-order valence-electron chi connectivity index (χ2n) is 7.01. The normalized spacial score (nSPS) is 11.0. The maximum absolute atomic E-state index is 13.3. The van der Waals surface area contributed by atoms with Gasteiger partial charge in [-0.25, -0.2) is 4.39 Å². The van der Waals surface area contributed by atoms with Gasteiger partial charge in [0.05, 0.1) is 10.7 Å². The first-order valence-electron chi connectivity index (χ1n) is 10.1. The van der Waals surface area contributed by atoms with Crippen molar-refractivity contribution in [1.82, 2.24) is 25.5 Å². The summed E-state index contributed by atoms with van der Waals surface area (Å²) in [5, 5.41) is 16.5. The van der Waals surface area contributed by atoms with Crippen molar-refractivity contribution < 1.29 is 9.13 Å². The molecule has 33 heavy (non-hydrogen) atoms. The Morgan fingerprint density at radius 3 is 2.73 bits per heavy atom. The second kappa shape index (κ2) is 11.6. The van der Waals surface area contributed by atoms with E-state index in [9.17, 15) is 4.39 Å². The molecule has 10 heteroatoms. The summed E-state index contributed by atoms with van der Waals surface area (Å²) in [4.78, 5) is 0. The van der Waals surface area contributed by atoms with Crippen LogP contribution >= 0.6 is 39.3 Å². The number of para-hydroxylation sites is 1. The lowest BCUT2D eigenvalue weighted by Crippen LogP contribution is -2.17. The second-order valence-corrected chi connectivity index (χ2v) is 9.40. The van der Waals surface area contributed by atoms with E-state index in [2.05, 4.69) is 36.8 Å². The number of thioether (sulfide) groups is 1. The highest BCUT2D eigenvalue weighted by atomic mass is 79.9.